The van der Waals surface area contributed by atoms with Crippen molar-refractivity contribution in [3.05, 3.63) is 46.1 Å². The molecule has 0 aliphatic carbocycles. The molecule has 0 saturated carbocycles. The molecule has 8 heteroatoms. The molecule has 0 amide bonds. The van der Waals surface area contributed by atoms with Gasteiger partial charge in [0, 0.05) is 29.6 Å². The van der Waals surface area contributed by atoms with Crippen LogP contribution in [0.3, 0.4) is 0 Å². The first kappa shape index (κ1) is 14.5. The molecule has 0 bridgehead atoms. The van der Waals surface area contributed by atoms with Gasteiger partial charge in [0.05, 0.1) is 7.11 Å². The summed E-state index contributed by atoms with van der Waals surface area (Å²) in [7, 11) is 1.46. The zero-order valence-electron chi connectivity index (χ0n) is 12.0. The standard InChI is InChI=1S/C14H13FN4O2S/c1-3-9-7-12(20)19-14(17-9)22-13(18-19)16-10-4-8(15)5-11(6-10)21-2/h4-7H,3H2,1-2H3,(H,16,18). The second-order valence-electron chi connectivity index (χ2n) is 4.55. The third-order valence-electron chi connectivity index (χ3n) is 3.02. The topological polar surface area (TPSA) is 68.5 Å². The Hall–Kier alpha value is -2.48. The molecule has 3 aromatic rings. The minimum Gasteiger partial charge on any atom is -0.497 e. The minimum atomic E-state index is -0.425. The second kappa shape index (κ2) is 5.72. The van der Waals surface area contributed by atoms with Crippen molar-refractivity contribution < 1.29 is 9.13 Å². The number of benzene rings is 1. The van der Waals surface area contributed by atoms with Gasteiger partial charge in [-0.15, -0.1) is 5.10 Å². The van der Waals surface area contributed by atoms with E-state index in [0.29, 0.717) is 33.6 Å². The van der Waals surface area contributed by atoms with Crippen molar-refractivity contribution in [1.82, 2.24) is 14.6 Å². The first-order chi connectivity index (χ1) is 10.6. The van der Waals surface area contributed by atoms with Crippen LogP contribution < -0.4 is 15.6 Å². The van der Waals surface area contributed by atoms with E-state index in [1.165, 1.54) is 41.2 Å². The first-order valence-corrected chi connectivity index (χ1v) is 7.42. The molecular weight excluding hydrogens is 307 g/mol. The van der Waals surface area contributed by atoms with Crippen molar-refractivity contribution in [2.24, 2.45) is 0 Å². The minimum absolute atomic E-state index is 0.233. The maximum Gasteiger partial charge on any atom is 0.275 e. The van der Waals surface area contributed by atoms with E-state index < -0.39 is 5.82 Å². The lowest BCUT2D eigenvalue weighted by atomic mass is 10.3. The van der Waals surface area contributed by atoms with Crippen LogP contribution in [0.1, 0.15) is 12.6 Å². The molecule has 0 aliphatic rings. The molecule has 22 heavy (non-hydrogen) atoms. The molecule has 0 spiro atoms. The summed E-state index contributed by atoms with van der Waals surface area (Å²) in [4.78, 5) is 16.8. The predicted molar refractivity (Wildman–Crippen MR) is 82.7 cm³/mol. The highest BCUT2D eigenvalue weighted by Crippen LogP contribution is 2.25. The highest BCUT2D eigenvalue weighted by molar-refractivity contribution is 7.20. The summed E-state index contributed by atoms with van der Waals surface area (Å²) in [5.74, 6) is -0.0290. The Morgan fingerprint density at radius 1 is 1.36 bits per heavy atom. The monoisotopic (exact) mass is 320 g/mol. The number of ether oxygens (including phenoxy) is 1. The third kappa shape index (κ3) is 2.77. The van der Waals surface area contributed by atoms with Gasteiger partial charge in [-0.1, -0.05) is 18.3 Å². The van der Waals surface area contributed by atoms with Crippen LogP contribution in [0.5, 0.6) is 5.75 Å². The fraction of sp³-hybridized carbons (Fsp3) is 0.214. The van der Waals surface area contributed by atoms with E-state index in [1.807, 2.05) is 6.92 Å². The third-order valence-corrected chi connectivity index (χ3v) is 3.84. The lowest BCUT2D eigenvalue weighted by Gasteiger charge is -2.05. The predicted octanol–water partition coefficient (Wildman–Crippen LogP) is 2.60. The Kier molecular flexibility index (Phi) is 3.76. The number of anilines is 2. The Morgan fingerprint density at radius 3 is 2.91 bits per heavy atom. The lowest BCUT2D eigenvalue weighted by Crippen LogP contribution is -2.15. The van der Waals surface area contributed by atoms with Crippen LogP contribution in [0.25, 0.3) is 4.96 Å². The molecule has 0 atom stereocenters. The van der Waals surface area contributed by atoms with Gasteiger partial charge in [-0.2, -0.15) is 4.52 Å². The van der Waals surface area contributed by atoms with Gasteiger partial charge in [0.1, 0.15) is 11.6 Å². The Bertz CT molecular complexity index is 890. The number of fused-ring (bicyclic) bond motifs is 1. The summed E-state index contributed by atoms with van der Waals surface area (Å²) in [6.07, 6.45) is 0.674. The maximum absolute atomic E-state index is 13.5. The van der Waals surface area contributed by atoms with Crippen LogP contribution in [0.4, 0.5) is 15.2 Å². The van der Waals surface area contributed by atoms with Gasteiger partial charge in [-0.25, -0.2) is 9.37 Å². The largest absolute Gasteiger partial charge is 0.497 e. The highest BCUT2D eigenvalue weighted by atomic mass is 32.1. The molecule has 2 aromatic heterocycles. The number of rotatable bonds is 4. The fourth-order valence-electron chi connectivity index (χ4n) is 1.96. The summed E-state index contributed by atoms with van der Waals surface area (Å²) < 4.78 is 19.7. The summed E-state index contributed by atoms with van der Waals surface area (Å²) in [6, 6.07) is 5.70. The number of nitrogens with zero attached hydrogens (tertiary/aromatic N) is 3. The molecule has 3 rings (SSSR count). The van der Waals surface area contributed by atoms with Crippen molar-refractivity contribution in [2.45, 2.75) is 13.3 Å². The quantitative estimate of drug-likeness (QED) is 0.800. The average molecular weight is 320 g/mol. The first-order valence-electron chi connectivity index (χ1n) is 6.60. The smallest absolute Gasteiger partial charge is 0.275 e. The maximum atomic E-state index is 13.5. The Morgan fingerprint density at radius 2 is 2.18 bits per heavy atom. The molecule has 0 fully saturated rings. The van der Waals surface area contributed by atoms with Crippen LogP contribution in [-0.2, 0) is 6.42 Å². The molecule has 6 nitrogen and oxygen atoms in total. The van der Waals surface area contributed by atoms with E-state index >= 15 is 0 Å². The number of halogens is 1. The zero-order chi connectivity index (χ0) is 15.7. The van der Waals surface area contributed by atoms with Gasteiger partial charge in [-0.3, -0.25) is 4.79 Å². The van der Waals surface area contributed by atoms with Crippen LogP contribution in [0.2, 0.25) is 0 Å². The van der Waals surface area contributed by atoms with Gasteiger partial charge >= 0.3 is 0 Å². The van der Waals surface area contributed by atoms with Crippen LogP contribution >= 0.6 is 11.3 Å². The molecule has 0 radical (unpaired) electrons. The van der Waals surface area contributed by atoms with Gasteiger partial charge in [0.25, 0.3) is 5.56 Å². The molecule has 1 N–H and O–H groups in total. The van der Waals surface area contributed by atoms with Crippen molar-refractivity contribution >= 4 is 27.1 Å². The molecule has 1 aromatic carbocycles. The normalized spacial score (nSPS) is 10.9. The number of aryl methyl sites for hydroxylation is 1. The number of hydrogen-bond acceptors (Lipinski definition) is 6. The van der Waals surface area contributed by atoms with Gasteiger partial charge in [0.2, 0.25) is 10.1 Å². The van der Waals surface area contributed by atoms with Crippen LogP contribution in [0.15, 0.2) is 29.1 Å². The summed E-state index contributed by atoms with van der Waals surface area (Å²) in [5.41, 5.74) is 0.968. The fourth-order valence-corrected chi connectivity index (χ4v) is 2.81. The molecular formula is C14H13FN4O2S. The van der Waals surface area contributed by atoms with Gasteiger partial charge < -0.3 is 10.1 Å². The molecule has 0 aliphatic heterocycles. The van der Waals surface area contributed by atoms with Crippen molar-refractivity contribution in [3.63, 3.8) is 0 Å². The molecule has 114 valence electrons. The van der Waals surface area contributed by atoms with E-state index in [0.717, 1.165) is 0 Å². The lowest BCUT2D eigenvalue weighted by molar-refractivity contribution is 0.411. The van der Waals surface area contributed by atoms with E-state index in [-0.39, 0.29) is 5.56 Å². The molecule has 2 heterocycles. The highest BCUT2D eigenvalue weighted by Gasteiger charge is 2.09. The van der Waals surface area contributed by atoms with Crippen molar-refractivity contribution in [2.75, 3.05) is 12.4 Å². The van der Waals surface area contributed by atoms with E-state index in [1.54, 1.807) is 6.07 Å². The second-order valence-corrected chi connectivity index (χ2v) is 5.50. The zero-order valence-corrected chi connectivity index (χ0v) is 12.8. The van der Waals surface area contributed by atoms with Crippen LogP contribution in [-0.4, -0.2) is 21.7 Å². The summed E-state index contributed by atoms with van der Waals surface area (Å²) in [6.45, 7) is 1.93. The Labute approximate surface area is 129 Å². The van der Waals surface area contributed by atoms with Gasteiger partial charge in [-0.05, 0) is 12.5 Å². The SMILES string of the molecule is CCc1cc(=O)n2nc(Nc3cc(F)cc(OC)c3)sc2n1. The summed E-state index contributed by atoms with van der Waals surface area (Å²) in [5, 5.41) is 7.56. The summed E-state index contributed by atoms with van der Waals surface area (Å²) >= 11 is 1.22. The van der Waals surface area contributed by atoms with E-state index in [2.05, 4.69) is 15.4 Å². The van der Waals surface area contributed by atoms with Crippen molar-refractivity contribution in [3.8, 4) is 5.75 Å². The Balaban J connectivity index is 1.99. The van der Waals surface area contributed by atoms with E-state index in [9.17, 15) is 9.18 Å². The van der Waals surface area contributed by atoms with E-state index in [4.69, 9.17) is 4.74 Å². The van der Waals surface area contributed by atoms with Crippen LogP contribution in [0, 0.1) is 5.82 Å². The number of methoxy groups -OCH3 is 1. The number of hydrogen-bond donors (Lipinski definition) is 1. The van der Waals surface area contributed by atoms with Gasteiger partial charge in [0.15, 0.2) is 0 Å². The number of nitrogens with one attached hydrogen (secondary N) is 1. The number of aromatic nitrogens is 3. The molecule has 0 saturated heterocycles. The van der Waals surface area contributed by atoms with Crippen molar-refractivity contribution in [1.29, 1.82) is 0 Å². The molecule has 0 unspecified atom stereocenters. The average Bonchev–Trinajstić information content (AvgIpc) is 2.89.